The lowest BCUT2D eigenvalue weighted by atomic mass is 9.92. The molecule has 0 aliphatic heterocycles. The molecule has 3 heterocycles. The summed E-state index contributed by atoms with van der Waals surface area (Å²) in [6, 6.07) is 23.5. The fraction of sp³-hybridized carbons (Fsp3) is 0.200. The molecule has 0 radical (unpaired) electrons. The Kier molecular flexibility index (Phi) is 4.77. The zero-order chi connectivity index (χ0) is 23.4. The topological polar surface area (TPSA) is 43.9 Å². The number of furan rings is 1. The van der Waals surface area contributed by atoms with Gasteiger partial charge in [0.15, 0.2) is 5.58 Å². The van der Waals surface area contributed by atoms with Gasteiger partial charge in [0.25, 0.3) is 0 Å². The van der Waals surface area contributed by atoms with Gasteiger partial charge in [0, 0.05) is 22.5 Å². The van der Waals surface area contributed by atoms with Crippen LogP contribution in [0.3, 0.4) is 0 Å². The molecule has 3 aromatic carbocycles. The third kappa shape index (κ3) is 3.13. The van der Waals surface area contributed by atoms with Crippen molar-refractivity contribution in [1.29, 1.82) is 0 Å². The number of hydrogen-bond acceptors (Lipinski definition) is 3. The van der Waals surface area contributed by atoms with Crippen LogP contribution >= 0.6 is 0 Å². The molecular formula is C30H27N3O. The number of rotatable bonds is 4. The van der Waals surface area contributed by atoms with Gasteiger partial charge in [-0.25, -0.2) is 4.98 Å². The molecule has 0 saturated carbocycles. The van der Waals surface area contributed by atoms with Crippen molar-refractivity contribution in [3.63, 3.8) is 0 Å². The number of aromatic nitrogens is 3. The van der Waals surface area contributed by atoms with Crippen LogP contribution in [0.25, 0.3) is 50.0 Å². The van der Waals surface area contributed by atoms with Crippen LogP contribution in [-0.4, -0.2) is 14.5 Å². The highest BCUT2D eigenvalue weighted by molar-refractivity contribution is 6.05. The molecule has 0 bridgehead atoms. The largest absolute Gasteiger partial charge is 0.454 e. The lowest BCUT2D eigenvalue weighted by Crippen LogP contribution is -2.08. The molecule has 0 fully saturated rings. The van der Waals surface area contributed by atoms with E-state index in [1.165, 1.54) is 16.8 Å². The van der Waals surface area contributed by atoms with Crippen molar-refractivity contribution in [3.8, 4) is 17.1 Å². The summed E-state index contributed by atoms with van der Waals surface area (Å²) in [5, 5.41) is 2.17. The Morgan fingerprint density at radius 1 is 0.765 bits per heavy atom. The molecule has 0 saturated heterocycles. The maximum atomic E-state index is 6.16. The Morgan fingerprint density at radius 3 is 2.26 bits per heavy atom. The fourth-order valence-electron chi connectivity index (χ4n) is 4.99. The Hall–Kier alpha value is -3.92. The van der Waals surface area contributed by atoms with Gasteiger partial charge in [-0.05, 0) is 53.3 Å². The van der Waals surface area contributed by atoms with Crippen LogP contribution < -0.4 is 0 Å². The average molecular weight is 446 g/mol. The van der Waals surface area contributed by atoms with Crippen LogP contribution in [0.1, 0.15) is 50.7 Å². The molecule has 0 atom stereocenters. The zero-order valence-corrected chi connectivity index (χ0v) is 19.9. The van der Waals surface area contributed by atoms with E-state index in [4.69, 9.17) is 9.40 Å². The molecule has 0 N–H and O–H groups in total. The third-order valence-electron chi connectivity index (χ3n) is 6.66. The first-order valence-corrected chi connectivity index (χ1v) is 11.9. The minimum absolute atomic E-state index is 0.382. The summed E-state index contributed by atoms with van der Waals surface area (Å²) in [7, 11) is 0. The predicted molar refractivity (Wildman–Crippen MR) is 140 cm³/mol. The number of nitrogens with zero attached hydrogens (tertiary/aromatic N) is 3. The Balaban J connectivity index is 1.69. The molecule has 0 unspecified atom stereocenters. The summed E-state index contributed by atoms with van der Waals surface area (Å²) in [4.78, 5) is 9.34. The second-order valence-electron chi connectivity index (χ2n) is 9.54. The van der Waals surface area contributed by atoms with Gasteiger partial charge >= 0.3 is 0 Å². The monoisotopic (exact) mass is 445 g/mol. The first-order valence-electron chi connectivity index (χ1n) is 11.9. The molecule has 4 nitrogen and oxygen atoms in total. The summed E-state index contributed by atoms with van der Waals surface area (Å²) in [6.45, 7) is 9.04. The van der Waals surface area contributed by atoms with Crippen LogP contribution in [0.4, 0.5) is 0 Å². The van der Waals surface area contributed by atoms with Crippen LogP contribution in [0.15, 0.2) is 83.5 Å². The van der Waals surface area contributed by atoms with Crippen molar-refractivity contribution in [2.45, 2.75) is 39.5 Å². The molecule has 168 valence electrons. The SMILES string of the molecule is CC(C)c1cccc(C(C)C)c1-n1c(-c2ccc3c(c2)oc2cnccc23)nc2ccccc21. The van der Waals surface area contributed by atoms with Crippen molar-refractivity contribution < 1.29 is 4.42 Å². The van der Waals surface area contributed by atoms with E-state index in [0.29, 0.717) is 11.8 Å². The van der Waals surface area contributed by atoms with Crippen LogP contribution in [-0.2, 0) is 0 Å². The first-order chi connectivity index (χ1) is 16.5. The van der Waals surface area contributed by atoms with Crippen LogP contribution in [0.2, 0.25) is 0 Å². The maximum absolute atomic E-state index is 6.16. The van der Waals surface area contributed by atoms with Gasteiger partial charge in [0.05, 0.1) is 22.9 Å². The summed E-state index contributed by atoms with van der Waals surface area (Å²) in [5.41, 5.74) is 8.67. The van der Waals surface area contributed by atoms with Gasteiger partial charge in [0.1, 0.15) is 11.4 Å². The highest BCUT2D eigenvalue weighted by atomic mass is 16.3. The Morgan fingerprint density at radius 2 is 1.50 bits per heavy atom. The lowest BCUT2D eigenvalue weighted by molar-refractivity contribution is 0.667. The van der Waals surface area contributed by atoms with E-state index >= 15 is 0 Å². The summed E-state index contributed by atoms with van der Waals surface area (Å²) in [6.07, 6.45) is 3.58. The predicted octanol–water partition coefficient (Wildman–Crippen LogP) is 8.23. The molecule has 0 amide bonds. The molecule has 3 aromatic heterocycles. The van der Waals surface area contributed by atoms with E-state index in [1.54, 1.807) is 12.4 Å². The normalized spacial score (nSPS) is 12.1. The molecule has 4 heteroatoms. The second kappa shape index (κ2) is 7.84. The average Bonchev–Trinajstić information content (AvgIpc) is 3.41. The minimum atomic E-state index is 0.382. The van der Waals surface area contributed by atoms with Gasteiger partial charge in [-0.3, -0.25) is 9.55 Å². The molecule has 6 rings (SSSR count). The first kappa shape index (κ1) is 20.7. The number of imidazole rings is 1. The van der Waals surface area contributed by atoms with E-state index in [0.717, 1.165) is 44.4 Å². The smallest absolute Gasteiger partial charge is 0.153 e. The standard InChI is InChI=1S/C30H27N3O/c1-18(2)21-8-7-9-22(19(3)4)29(21)33-26-11-6-5-10-25(26)32-30(33)20-12-13-23-24-14-15-31-17-28(24)34-27(23)16-20/h5-19H,1-4H3. The van der Waals surface area contributed by atoms with Crippen molar-refractivity contribution in [1.82, 2.24) is 14.5 Å². The van der Waals surface area contributed by atoms with Gasteiger partial charge in [-0.1, -0.05) is 64.1 Å². The van der Waals surface area contributed by atoms with E-state index in [2.05, 4.69) is 97.9 Å². The molecule has 0 aliphatic carbocycles. The zero-order valence-electron chi connectivity index (χ0n) is 19.9. The maximum Gasteiger partial charge on any atom is 0.153 e. The van der Waals surface area contributed by atoms with Gasteiger partial charge in [-0.2, -0.15) is 0 Å². The van der Waals surface area contributed by atoms with E-state index in [9.17, 15) is 0 Å². The van der Waals surface area contributed by atoms with Crippen LogP contribution in [0, 0.1) is 0 Å². The third-order valence-corrected chi connectivity index (χ3v) is 6.66. The number of pyridine rings is 1. The number of benzene rings is 3. The number of fused-ring (bicyclic) bond motifs is 4. The van der Waals surface area contributed by atoms with Crippen LogP contribution in [0.5, 0.6) is 0 Å². The Bertz CT molecular complexity index is 1640. The molecule has 0 spiro atoms. The van der Waals surface area contributed by atoms with E-state index in [-0.39, 0.29) is 0 Å². The highest BCUT2D eigenvalue weighted by Gasteiger charge is 2.22. The molecular weight excluding hydrogens is 418 g/mol. The Labute approximate surface area is 198 Å². The minimum Gasteiger partial charge on any atom is -0.454 e. The fourth-order valence-corrected chi connectivity index (χ4v) is 4.99. The van der Waals surface area contributed by atoms with Crippen molar-refractivity contribution in [2.24, 2.45) is 0 Å². The quantitative estimate of drug-likeness (QED) is 0.274. The van der Waals surface area contributed by atoms with Crippen molar-refractivity contribution in [3.05, 3.63) is 90.3 Å². The van der Waals surface area contributed by atoms with Gasteiger partial charge in [-0.15, -0.1) is 0 Å². The summed E-state index contributed by atoms with van der Waals surface area (Å²) < 4.78 is 8.51. The summed E-state index contributed by atoms with van der Waals surface area (Å²) in [5.74, 6) is 1.69. The molecule has 34 heavy (non-hydrogen) atoms. The van der Waals surface area contributed by atoms with Crippen molar-refractivity contribution in [2.75, 3.05) is 0 Å². The van der Waals surface area contributed by atoms with E-state index < -0.39 is 0 Å². The lowest BCUT2D eigenvalue weighted by Gasteiger charge is -2.22. The summed E-state index contributed by atoms with van der Waals surface area (Å²) >= 11 is 0. The number of para-hydroxylation sites is 3. The van der Waals surface area contributed by atoms with Crippen molar-refractivity contribution >= 4 is 33.0 Å². The van der Waals surface area contributed by atoms with Gasteiger partial charge < -0.3 is 4.42 Å². The number of hydrogen-bond donors (Lipinski definition) is 0. The second-order valence-corrected chi connectivity index (χ2v) is 9.54. The highest BCUT2D eigenvalue weighted by Crippen LogP contribution is 2.38. The molecule has 0 aliphatic rings. The van der Waals surface area contributed by atoms with Gasteiger partial charge in [0.2, 0.25) is 0 Å². The molecule has 6 aromatic rings. The van der Waals surface area contributed by atoms with E-state index in [1.807, 2.05) is 6.07 Å².